The summed E-state index contributed by atoms with van der Waals surface area (Å²) in [5, 5.41) is 5.73. The van der Waals surface area contributed by atoms with Crippen LogP contribution in [0.25, 0.3) is 5.78 Å². The van der Waals surface area contributed by atoms with E-state index in [-0.39, 0.29) is 11.5 Å². The Morgan fingerprint density at radius 3 is 2.62 bits per heavy atom. The van der Waals surface area contributed by atoms with Crippen LogP contribution >= 0.6 is 35.0 Å². The molecule has 3 aromatic rings. The van der Waals surface area contributed by atoms with E-state index in [2.05, 4.69) is 15.1 Å². The Morgan fingerprint density at radius 2 is 1.92 bits per heavy atom. The summed E-state index contributed by atoms with van der Waals surface area (Å²) in [6.45, 7) is 5.91. The molecule has 1 aromatic carbocycles. The number of thioether (sulfide) groups is 1. The van der Waals surface area contributed by atoms with Crippen molar-refractivity contribution in [2.45, 2.75) is 25.9 Å². The molecule has 0 aliphatic heterocycles. The van der Waals surface area contributed by atoms with Crippen molar-refractivity contribution in [1.29, 1.82) is 0 Å². The molecule has 0 bridgehead atoms. The Morgan fingerprint density at radius 1 is 1.17 bits per heavy atom. The topological polar surface area (TPSA) is 60.2 Å². The molecule has 24 heavy (non-hydrogen) atoms. The molecule has 0 saturated carbocycles. The molecule has 0 saturated heterocycles. The molecule has 0 N–H and O–H groups in total. The molecule has 2 aromatic heterocycles. The Kier molecular flexibility index (Phi) is 4.80. The van der Waals surface area contributed by atoms with Crippen molar-refractivity contribution in [1.82, 2.24) is 19.6 Å². The maximum absolute atomic E-state index is 12.3. The van der Waals surface area contributed by atoms with E-state index in [4.69, 9.17) is 23.2 Å². The molecule has 0 unspecified atom stereocenters. The van der Waals surface area contributed by atoms with Gasteiger partial charge in [0.05, 0.1) is 15.8 Å². The van der Waals surface area contributed by atoms with Crippen LogP contribution in [0.1, 0.15) is 27.3 Å². The highest BCUT2D eigenvalue weighted by atomic mass is 35.5. The van der Waals surface area contributed by atoms with E-state index in [0.717, 1.165) is 17.0 Å². The second-order valence-electron chi connectivity index (χ2n) is 5.35. The fourth-order valence-corrected chi connectivity index (χ4v) is 3.19. The molecule has 0 radical (unpaired) electrons. The maximum atomic E-state index is 12.3. The van der Waals surface area contributed by atoms with Gasteiger partial charge in [0.15, 0.2) is 5.78 Å². The first kappa shape index (κ1) is 17.2. The van der Waals surface area contributed by atoms with Crippen LogP contribution in [0.2, 0.25) is 10.0 Å². The van der Waals surface area contributed by atoms with Crippen LogP contribution in [0.5, 0.6) is 0 Å². The van der Waals surface area contributed by atoms with Crippen molar-refractivity contribution in [2.24, 2.45) is 0 Å². The van der Waals surface area contributed by atoms with Gasteiger partial charge in [0.1, 0.15) is 0 Å². The van der Waals surface area contributed by atoms with Gasteiger partial charge in [-0.15, -0.1) is 5.10 Å². The number of Topliss-reactive ketones (excluding diaryl/α,β-unsaturated/α-hetero) is 1. The summed E-state index contributed by atoms with van der Waals surface area (Å²) in [5.41, 5.74) is 3.51. The van der Waals surface area contributed by atoms with Gasteiger partial charge in [0.25, 0.3) is 5.78 Å². The third-order valence-corrected chi connectivity index (χ3v) is 5.39. The van der Waals surface area contributed by atoms with E-state index < -0.39 is 0 Å². The van der Waals surface area contributed by atoms with Crippen LogP contribution in [-0.2, 0) is 0 Å². The monoisotopic (exact) mass is 380 g/mol. The summed E-state index contributed by atoms with van der Waals surface area (Å²) >= 11 is 13.1. The van der Waals surface area contributed by atoms with E-state index in [1.165, 1.54) is 11.8 Å². The predicted molar refractivity (Wildman–Crippen MR) is 96.5 cm³/mol. The fraction of sp³-hybridized carbons (Fsp3) is 0.250. The van der Waals surface area contributed by atoms with Crippen LogP contribution in [-0.4, -0.2) is 31.1 Å². The Balaban J connectivity index is 1.79. The van der Waals surface area contributed by atoms with Gasteiger partial charge in [0.2, 0.25) is 5.16 Å². The molecule has 0 spiro atoms. The number of carbonyl (C=O) groups excluding carboxylic acids is 1. The highest BCUT2D eigenvalue weighted by molar-refractivity contribution is 7.99. The lowest BCUT2D eigenvalue weighted by molar-refractivity contribution is 0.102. The summed E-state index contributed by atoms with van der Waals surface area (Å²) in [6, 6.07) is 4.85. The summed E-state index contributed by atoms with van der Waals surface area (Å²) in [7, 11) is 0. The number of nitrogens with zero attached hydrogens (tertiary/aromatic N) is 4. The van der Waals surface area contributed by atoms with E-state index in [1.807, 2.05) is 20.8 Å². The van der Waals surface area contributed by atoms with Gasteiger partial charge < -0.3 is 0 Å². The number of hydrogen-bond donors (Lipinski definition) is 0. The van der Waals surface area contributed by atoms with Crippen LogP contribution in [0.15, 0.2) is 23.4 Å². The summed E-state index contributed by atoms with van der Waals surface area (Å²) < 4.78 is 1.70. The molecule has 2 heterocycles. The smallest absolute Gasteiger partial charge is 0.253 e. The molecule has 3 rings (SSSR count). The SMILES string of the molecule is Cc1nc2nc(SCC(=O)c3ccc(Cl)c(Cl)c3)nn2c(C)c1C. The minimum absolute atomic E-state index is 0.0607. The third kappa shape index (κ3) is 3.27. The lowest BCUT2D eigenvalue weighted by Gasteiger charge is -2.04. The van der Waals surface area contributed by atoms with Crippen molar-refractivity contribution in [3.63, 3.8) is 0 Å². The molecular weight excluding hydrogens is 367 g/mol. The van der Waals surface area contributed by atoms with Gasteiger partial charge in [-0.05, 0) is 44.5 Å². The number of halogens is 2. The summed E-state index contributed by atoms with van der Waals surface area (Å²) in [4.78, 5) is 21.1. The van der Waals surface area contributed by atoms with Crippen LogP contribution in [0.3, 0.4) is 0 Å². The zero-order chi connectivity index (χ0) is 17.4. The van der Waals surface area contributed by atoms with E-state index in [1.54, 1.807) is 22.7 Å². The second kappa shape index (κ2) is 6.70. The quantitative estimate of drug-likeness (QED) is 0.497. The Labute approximate surface area is 153 Å². The second-order valence-corrected chi connectivity index (χ2v) is 7.11. The third-order valence-electron chi connectivity index (χ3n) is 3.82. The lowest BCUT2D eigenvalue weighted by atomic mass is 10.1. The number of aromatic nitrogens is 4. The van der Waals surface area contributed by atoms with Crippen molar-refractivity contribution in [3.05, 3.63) is 50.8 Å². The van der Waals surface area contributed by atoms with Crippen molar-refractivity contribution in [2.75, 3.05) is 5.75 Å². The molecule has 5 nitrogen and oxygen atoms in total. The lowest BCUT2D eigenvalue weighted by Crippen LogP contribution is -2.03. The van der Waals surface area contributed by atoms with Gasteiger partial charge in [-0.3, -0.25) is 4.79 Å². The maximum Gasteiger partial charge on any atom is 0.253 e. The first-order valence-corrected chi connectivity index (χ1v) is 8.92. The van der Waals surface area contributed by atoms with Crippen molar-refractivity contribution >= 4 is 46.5 Å². The van der Waals surface area contributed by atoms with Crippen molar-refractivity contribution < 1.29 is 4.79 Å². The van der Waals surface area contributed by atoms with Crippen LogP contribution in [0, 0.1) is 20.8 Å². The first-order valence-electron chi connectivity index (χ1n) is 7.18. The van der Waals surface area contributed by atoms with Gasteiger partial charge in [-0.1, -0.05) is 35.0 Å². The number of fused-ring (bicyclic) bond motifs is 1. The van der Waals surface area contributed by atoms with Gasteiger partial charge >= 0.3 is 0 Å². The van der Waals surface area contributed by atoms with Gasteiger partial charge in [0, 0.05) is 17.0 Å². The molecule has 124 valence electrons. The number of benzene rings is 1. The van der Waals surface area contributed by atoms with Gasteiger partial charge in [-0.25, -0.2) is 9.50 Å². The first-order chi connectivity index (χ1) is 11.4. The summed E-state index contributed by atoms with van der Waals surface area (Å²) in [6.07, 6.45) is 0. The molecule has 0 aliphatic rings. The minimum atomic E-state index is -0.0607. The number of hydrogen-bond acceptors (Lipinski definition) is 5. The molecule has 0 amide bonds. The standard InChI is InChI=1S/C16H14Cl2N4OS/c1-8-9(2)19-15-20-16(21-22(15)10(8)3)24-7-14(23)11-4-5-12(17)13(18)6-11/h4-6H,7H2,1-3H3. The van der Waals surface area contributed by atoms with E-state index in [9.17, 15) is 4.79 Å². The number of ketones is 1. The molecule has 8 heteroatoms. The molecule has 0 fully saturated rings. The Hall–Kier alpha value is -1.63. The highest BCUT2D eigenvalue weighted by Gasteiger charge is 2.14. The normalized spacial score (nSPS) is 11.2. The predicted octanol–water partition coefficient (Wildman–Crippen LogP) is 4.33. The van der Waals surface area contributed by atoms with Gasteiger partial charge in [-0.2, -0.15) is 4.98 Å². The number of aryl methyl sites for hydroxylation is 2. The molecular formula is C16H14Cl2N4OS. The van der Waals surface area contributed by atoms with Crippen LogP contribution in [0.4, 0.5) is 0 Å². The Bertz CT molecular complexity index is 955. The number of rotatable bonds is 4. The van der Waals surface area contributed by atoms with E-state index in [0.29, 0.717) is 26.5 Å². The minimum Gasteiger partial charge on any atom is -0.293 e. The van der Waals surface area contributed by atoms with Crippen LogP contribution < -0.4 is 0 Å². The fourth-order valence-electron chi connectivity index (χ4n) is 2.18. The molecule has 0 aliphatic carbocycles. The summed E-state index contributed by atoms with van der Waals surface area (Å²) in [5.74, 6) is 0.695. The van der Waals surface area contributed by atoms with Crippen molar-refractivity contribution in [3.8, 4) is 0 Å². The number of carbonyl (C=O) groups is 1. The zero-order valence-corrected chi connectivity index (χ0v) is 15.6. The molecule has 0 atom stereocenters. The average molecular weight is 381 g/mol. The highest BCUT2D eigenvalue weighted by Crippen LogP contribution is 2.24. The zero-order valence-electron chi connectivity index (χ0n) is 13.3. The largest absolute Gasteiger partial charge is 0.293 e. The van der Waals surface area contributed by atoms with E-state index >= 15 is 0 Å². The average Bonchev–Trinajstić information content (AvgIpc) is 2.96.